The van der Waals surface area contributed by atoms with Crippen LogP contribution in [0.15, 0.2) is 47.4 Å². The molecule has 194 valence electrons. The Bertz CT molecular complexity index is 1640. The number of hydrogen-bond donors (Lipinski definition) is 2. The molecule has 4 aromatic heterocycles. The van der Waals surface area contributed by atoms with Crippen molar-refractivity contribution in [1.29, 1.82) is 0 Å². The van der Waals surface area contributed by atoms with Gasteiger partial charge in [-0.15, -0.1) is 0 Å². The number of fused-ring (bicyclic) bond motifs is 2. The van der Waals surface area contributed by atoms with Gasteiger partial charge in [-0.3, -0.25) is 9.48 Å². The van der Waals surface area contributed by atoms with Crippen LogP contribution in [0.3, 0.4) is 0 Å². The highest BCUT2D eigenvalue weighted by Crippen LogP contribution is 2.37. The SMILES string of the molecule is Cn1cc(-c2nc3nccc(-c4ccc5c(c4)OCCC[C@@H]5NC(=O)c4noc(C(C)(C)C)n4)c3[nH]2)cn1. The van der Waals surface area contributed by atoms with Crippen LogP contribution < -0.4 is 10.1 Å². The number of aromatic nitrogens is 7. The van der Waals surface area contributed by atoms with Crippen LogP contribution >= 0.6 is 0 Å². The maximum absolute atomic E-state index is 13.0. The number of carbonyl (C=O) groups is 1. The Kier molecular flexibility index (Phi) is 5.70. The zero-order valence-electron chi connectivity index (χ0n) is 21.6. The number of hydrogen-bond acceptors (Lipinski definition) is 8. The van der Waals surface area contributed by atoms with Crippen molar-refractivity contribution in [2.75, 3.05) is 6.61 Å². The summed E-state index contributed by atoms with van der Waals surface area (Å²) in [5, 5.41) is 11.2. The number of pyridine rings is 1. The molecule has 5 aromatic rings. The molecule has 0 unspecified atom stereocenters. The van der Waals surface area contributed by atoms with Gasteiger partial charge in [-0.2, -0.15) is 10.1 Å². The maximum Gasteiger partial charge on any atom is 0.293 e. The smallest absolute Gasteiger partial charge is 0.293 e. The highest BCUT2D eigenvalue weighted by Gasteiger charge is 2.27. The van der Waals surface area contributed by atoms with Crippen LogP contribution in [0.5, 0.6) is 5.75 Å². The molecule has 0 radical (unpaired) electrons. The molecular weight excluding hydrogens is 484 g/mol. The molecule has 1 aliphatic rings. The van der Waals surface area contributed by atoms with E-state index in [-0.39, 0.29) is 23.2 Å². The van der Waals surface area contributed by atoms with E-state index in [9.17, 15) is 4.79 Å². The first-order valence-corrected chi connectivity index (χ1v) is 12.5. The van der Waals surface area contributed by atoms with Gasteiger partial charge in [0.05, 0.1) is 29.9 Å². The van der Waals surface area contributed by atoms with E-state index in [1.807, 2.05) is 58.3 Å². The van der Waals surface area contributed by atoms with E-state index < -0.39 is 0 Å². The van der Waals surface area contributed by atoms with Crippen molar-refractivity contribution in [3.8, 4) is 28.3 Å². The van der Waals surface area contributed by atoms with E-state index >= 15 is 0 Å². The zero-order valence-corrected chi connectivity index (χ0v) is 21.6. The van der Waals surface area contributed by atoms with Crippen molar-refractivity contribution in [2.24, 2.45) is 7.05 Å². The van der Waals surface area contributed by atoms with Crippen LogP contribution in [-0.4, -0.2) is 47.4 Å². The van der Waals surface area contributed by atoms with Crippen LogP contribution in [0.1, 0.15) is 61.7 Å². The molecule has 11 nitrogen and oxygen atoms in total. The van der Waals surface area contributed by atoms with Gasteiger partial charge in [0.2, 0.25) is 5.89 Å². The molecule has 0 spiro atoms. The molecule has 5 heterocycles. The third-order valence-electron chi connectivity index (χ3n) is 6.54. The number of aromatic amines is 1. The zero-order chi connectivity index (χ0) is 26.4. The Balaban J connectivity index is 1.31. The van der Waals surface area contributed by atoms with Gasteiger partial charge >= 0.3 is 0 Å². The lowest BCUT2D eigenvalue weighted by Crippen LogP contribution is -2.29. The Morgan fingerprint density at radius 1 is 1.18 bits per heavy atom. The fourth-order valence-electron chi connectivity index (χ4n) is 4.56. The summed E-state index contributed by atoms with van der Waals surface area (Å²) < 4.78 is 13.1. The third kappa shape index (κ3) is 4.40. The normalized spacial score (nSPS) is 15.6. The molecule has 0 fully saturated rings. The van der Waals surface area contributed by atoms with E-state index in [1.54, 1.807) is 17.1 Å². The lowest BCUT2D eigenvalue weighted by molar-refractivity contribution is 0.0921. The Hall–Kier alpha value is -4.54. The number of ether oxygens (including phenoxy) is 1. The van der Waals surface area contributed by atoms with Crippen LogP contribution in [0.2, 0.25) is 0 Å². The minimum Gasteiger partial charge on any atom is -0.493 e. The largest absolute Gasteiger partial charge is 0.493 e. The number of amides is 1. The molecule has 1 aromatic carbocycles. The van der Waals surface area contributed by atoms with Crippen molar-refractivity contribution in [2.45, 2.75) is 45.1 Å². The summed E-state index contributed by atoms with van der Waals surface area (Å²) in [6.07, 6.45) is 6.94. The molecular formula is C27H28N8O3. The molecule has 38 heavy (non-hydrogen) atoms. The molecule has 1 aliphatic heterocycles. The number of nitrogens with zero attached hydrogens (tertiary/aromatic N) is 6. The number of nitrogens with one attached hydrogen (secondary N) is 2. The summed E-state index contributed by atoms with van der Waals surface area (Å²) in [5.41, 5.74) is 4.82. The topological polar surface area (TPSA) is 137 Å². The molecule has 0 aliphatic carbocycles. The predicted octanol–water partition coefficient (Wildman–Crippen LogP) is 4.35. The second kappa shape index (κ2) is 9.09. The quantitative estimate of drug-likeness (QED) is 0.363. The van der Waals surface area contributed by atoms with Crippen molar-refractivity contribution >= 4 is 17.1 Å². The van der Waals surface area contributed by atoms with Crippen LogP contribution in [0, 0.1) is 0 Å². The van der Waals surface area contributed by atoms with Crippen LogP contribution in [0.4, 0.5) is 0 Å². The average molecular weight is 513 g/mol. The maximum atomic E-state index is 13.0. The van der Waals surface area contributed by atoms with Crippen molar-refractivity contribution in [1.82, 2.24) is 40.2 Å². The number of imidazole rings is 1. The molecule has 6 rings (SSSR count). The summed E-state index contributed by atoms with van der Waals surface area (Å²) in [6.45, 7) is 6.43. The number of benzene rings is 1. The minimum absolute atomic E-state index is 0.0288. The minimum atomic E-state index is -0.373. The fraction of sp³-hybridized carbons (Fsp3) is 0.333. The van der Waals surface area contributed by atoms with E-state index in [0.717, 1.165) is 46.4 Å². The summed E-state index contributed by atoms with van der Waals surface area (Å²) in [6, 6.07) is 7.74. The molecule has 0 saturated heterocycles. The lowest BCUT2D eigenvalue weighted by Gasteiger charge is -2.18. The number of rotatable bonds is 4. The molecule has 11 heteroatoms. The van der Waals surface area contributed by atoms with Crippen molar-refractivity contribution < 1.29 is 14.1 Å². The molecule has 0 saturated carbocycles. The van der Waals surface area contributed by atoms with Crippen molar-refractivity contribution in [3.05, 3.63) is 60.1 Å². The summed E-state index contributed by atoms with van der Waals surface area (Å²) >= 11 is 0. The van der Waals surface area contributed by atoms with Gasteiger partial charge in [0, 0.05) is 36.0 Å². The average Bonchev–Trinajstić information content (AvgIpc) is 3.62. The fourth-order valence-corrected chi connectivity index (χ4v) is 4.56. The second-order valence-electron chi connectivity index (χ2n) is 10.5. The molecule has 0 bridgehead atoms. The standard InChI is InChI=1S/C27H28N8O3/c1-27(2,3)26-33-24(34-38-26)25(36)30-19-6-5-11-37-20-12-15(7-8-18(19)20)17-9-10-28-23-21(17)31-22(32-23)16-13-29-35(4)14-16/h7-10,12-14,19H,5-6,11H2,1-4H3,(H,30,36)(H,28,31,32)/t19-/m0/s1. The first-order valence-electron chi connectivity index (χ1n) is 12.5. The number of carbonyl (C=O) groups excluding carboxylic acids is 1. The lowest BCUT2D eigenvalue weighted by atomic mass is 9.97. The van der Waals surface area contributed by atoms with Gasteiger partial charge in [-0.1, -0.05) is 38.1 Å². The van der Waals surface area contributed by atoms with Gasteiger partial charge in [-0.25, -0.2) is 9.97 Å². The highest BCUT2D eigenvalue weighted by atomic mass is 16.5. The molecule has 2 N–H and O–H groups in total. The Morgan fingerprint density at radius 3 is 2.82 bits per heavy atom. The second-order valence-corrected chi connectivity index (χ2v) is 10.5. The van der Waals surface area contributed by atoms with Crippen molar-refractivity contribution in [3.63, 3.8) is 0 Å². The Morgan fingerprint density at radius 2 is 2.05 bits per heavy atom. The van der Waals surface area contributed by atoms with Gasteiger partial charge in [0.25, 0.3) is 11.7 Å². The monoisotopic (exact) mass is 512 g/mol. The first-order chi connectivity index (χ1) is 18.3. The van der Waals surface area contributed by atoms with Gasteiger partial charge in [-0.05, 0) is 30.5 Å². The molecule has 1 amide bonds. The van der Waals surface area contributed by atoms with Crippen LogP contribution in [-0.2, 0) is 12.5 Å². The Labute approximate surface area is 218 Å². The van der Waals surface area contributed by atoms with E-state index in [0.29, 0.717) is 24.0 Å². The number of H-pyrrole nitrogens is 1. The summed E-state index contributed by atoms with van der Waals surface area (Å²) in [5.74, 6) is 1.51. The predicted molar refractivity (Wildman–Crippen MR) is 139 cm³/mol. The van der Waals surface area contributed by atoms with Gasteiger partial charge in [0.1, 0.15) is 11.6 Å². The summed E-state index contributed by atoms with van der Waals surface area (Å²) in [4.78, 5) is 29.8. The number of aryl methyl sites for hydroxylation is 1. The third-order valence-corrected chi connectivity index (χ3v) is 6.54. The van der Waals surface area contributed by atoms with E-state index in [1.165, 1.54) is 0 Å². The summed E-state index contributed by atoms with van der Waals surface area (Å²) in [7, 11) is 1.87. The van der Waals surface area contributed by atoms with Crippen LogP contribution in [0.25, 0.3) is 33.7 Å². The molecule has 1 atom stereocenters. The van der Waals surface area contributed by atoms with E-state index in [4.69, 9.17) is 9.26 Å². The first kappa shape index (κ1) is 23.8. The van der Waals surface area contributed by atoms with E-state index in [2.05, 4.69) is 35.5 Å². The highest BCUT2D eigenvalue weighted by molar-refractivity contribution is 5.92. The van der Waals surface area contributed by atoms with Gasteiger partial charge < -0.3 is 19.6 Å². The van der Waals surface area contributed by atoms with Gasteiger partial charge in [0.15, 0.2) is 5.65 Å².